The molecule has 3 saturated heterocycles. The van der Waals surface area contributed by atoms with Crippen molar-refractivity contribution in [1.82, 2.24) is 4.90 Å². The summed E-state index contributed by atoms with van der Waals surface area (Å²) >= 11 is 5.16. The predicted molar refractivity (Wildman–Crippen MR) is 109 cm³/mol. The van der Waals surface area contributed by atoms with Gasteiger partial charge >= 0.3 is 6.09 Å². The third-order valence-corrected chi connectivity index (χ3v) is 6.93. The Balaban J connectivity index is 1.54. The van der Waals surface area contributed by atoms with E-state index in [1.165, 1.54) is 0 Å². The van der Waals surface area contributed by atoms with Gasteiger partial charge < -0.3 is 4.74 Å². The molecule has 138 valence electrons. The first kappa shape index (κ1) is 18.0. The second kappa shape index (κ2) is 7.71. The molecule has 1 atom stereocenters. The van der Waals surface area contributed by atoms with Gasteiger partial charge in [0.25, 0.3) is 0 Å². The fourth-order valence-electron chi connectivity index (χ4n) is 3.89. The van der Waals surface area contributed by atoms with E-state index >= 15 is 0 Å². The molecular weight excluding hydrogens is 412 g/mol. The first-order valence-corrected chi connectivity index (χ1v) is 10.7. The predicted octanol–water partition coefficient (Wildman–Crippen LogP) is 5.06. The number of aryl methyl sites for hydroxylation is 1. The Hall–Kier alpha value is -1.37. The molecule has 0 saturated carbocycles. The zero-order valence-corrected chi connectivity index (χ0v) is 17.3. The number of thiophene rings is 1. The Kier molecular flexibility index (Phi) is 5.34. The fraction of sp³-hybridized carbons (Fsp3) is 0.450. The van der Waals surface area contributed by atoms with Crippen LogP contribution in [0.5, 0.6) is 0 Å². The van der Waals surface area contributed by atoms with Crippen molar-refractivity contribution in [2.45, 2.75) is 32.4 Å². The summed E-state index contributed by atoms with van der Waals surface area (Å²) in [6.45, 7) is 5.73. The summed E-state index contributed by atoms with van der Waals surface area (Å²) in [4.78, 5) is 18.4. The Morgan fingerprint density at radius 3 is 2.73 bits per heavy atom. The SMILES string of the molecule is Cc1cccc(N(Cc2ccc(Br)s2)C(=O)OC2CN3CCC2CC3)c1. The maximum absolute atomic E-state index is 13.1. The Labute approximate surface area is 166 Å². The monoisotopic (exact) mass is 434 g/mol. The van der Waals surface area contributed by atoms with Gasteiger partial charge in [-0.1, -0.05) is 12.1 Å². The number of halogens is 1. The molecule has 0 aliphatic carbocycles. The Morgan fingerprint density at radius 2 is 2.12 bits per heavy atom. The maximum Gasteiger partial charge on any atom is 0.414 e. The van der Waals surface area contributed by atoms with Crippen LogP contribution in [0.3, 0.4) is 0 Å². The molecule has 4 heterocycles. The van der Waals surface area contributed by atoms with Gasteiger partial charge in [0.05, 0.1) is 10.3 Å². The molecule has 5 rings (SSSR count). The molecule has 1 amide bonds. The summed E-state index contributed by atoms with van der Waals surface area (Å²) in [5.41, 5.74) is 2.02. The van der Waals surface area contributed by atoms with Gasteiger partial charge in [-0.25, -0.2) is 4.79 Å². The van der Waals surface area contributed by atoms with Crippen molar-refractivity contribution in [2.24, 2.45) is 5.92 Å². The summed E-state index contributed by atoms with van der Waals surface area (Å²) in [6, 6.07) is 12.1. The standard InChI is InChI=1S/C20H23BrN2O2S/c1-14-3-2-4-16(11-14)23(12-17-5-6-19(21)26-17)20(24)25-18-13-22-9-7-15(18)8-10-22/h2-6,11,15,18H,7-10,12-13H2,1H3. The molecule has 4 nitrogen and oxygen atoms in total. The van der Waals surface area contributed by atoms with Gasteiger partial charge in [0, 0.05) is 17.1 Å². The van der Waals surface area contributed by atoms with Gasteiger partial charge in [-0.15, -0.1) is 11.3 Å². The van der Waals surface area contributed by atoms with Crippen LogP contribution in [0.15, 0.2) is 40.2 Å². The van der Waals surface area contributed by atoms with Crippen molar-refractivity contribution in [3.05, 3.63) is 50.6 Å². The molecule has 26 heavy (non-hydrogen) atoms. The minimum absolute atomic E-state index is 0.0207. The molecule has 0 radical (unpaired) electrons. The number of ether oxygens (including phenoxy) is 1. The molecule has 3 fully saturated rings. The van der Waals surface area contributed by atoms with E-state index in [9.17, 15) is 4.79 Å². The summed E-state index contributed by atoms with van der Waals surface area (Å²) in [5, 5.41) is 0. The number of carbonyl (C=O) groups is 1. The van der Waals surface area contributed by atoms with E-state index in [4.69, 9.17) is 4.74 Å². The van der Waals surface area contributed by atoms with Crippen LogP contribution in [-0.2, 0) is 11.3 Å². The van der Waals surface area contributed by atoms with Crippen molar-refractivity contribution in [1.29, 1.82) is 0 Å². The highest BCUT2D eigenvalue weighted by Crippen LogP contribution is 2.31. The Bertz CT molecular complexity index is 786. The summed E-state index contributed by atoms with van der Waals surface area (Å²) in [7, 11) is 0. The average Bonchev–Trinajstić information content (AvgIpc) is 3.05. The van der Waals surface area contributed by atoms with Crippen LogP contribution >= 0.6 is 27.3 Å². The highest BCUT2D eigenvalue weighted by atomic mass is 79.9. The number of nitrogens with zero attached hydrogens (tertiary/aromatic N) is 2. The highest BCUT2D eigenvalue weighted by Gasteiger charge is 2.37. The van der Waals surface area contributed by atoms with Gasteiger partial charge in [0.2, 0.25) is 0 Å². The van der Waals surface area contributed by atoms with Crippen molar-refractivity contribution >= 4 is 39.0 Å². The Morgan fingerprint density at radius 1 is 1.31 bits per heavy atom. The molecule has 1 unspecified atom stereocenters. The molecule has 6 heteroatoms. The van der Waals surface area contributed by atoms with E-state index in [0.717, 1.165) is 52.4 Å². The quantitative estimate of drug-likeness (QED) is 0.674. The van der Waals surface area contributed by atoms with E-state index < -0.39 is 0 Å². The maximum atomic E-state index is 13.1. The number of benzene rings is 1. The first-order valence-electron chi connectivity index (χ1n) is 9.10. The minimum atomic E-state index is -0.237. The molecule has 2 bridgehead atoms. The van der Waals surface area contributed by atoms with Crippen molar-refractivity contribution < 1.29 is 9.53 Å². The molecule has 0 N–H and O–H groups in total. The fourth-order valence-corrected chi connectivity index (χ4v) is 5.36. The second-order valence-corrected chi connectivity index (χ2v) is 9.74. The second-order valence-electron chi connectivity index (χ2n) is 7.19. The number of fused-ring (bicyclic) bond motifs is 3. The molecule has 3 aliphatic heterocycles. The zero-order chi connectivity index (χ0) is 18.1. The van der Waals surface area contributed by atoms with E-state index in [1.54, 1.807) is 16.2 Å². The molecule has 3 aliphatic rings. The number of hydrogen-bond donors (Lipinski definition) is 0. The topological polar surface area (TPSA) is 32.8 Å². The molecule has 1 aromatic carbocycles. The van der Waals surface area contributed by atoms with E-state index in [2.05, 4.69) is 26.9 Å². The van der Waals surface area contributed by atoms with Gasteiger partial charge in [-0.3, -0.25) is 9.80 Å². The van der Waals surface area contributed by atoms with Crippen molar-refractivity contribution in [2.75, 3.05) is 24.5 Å². The third kappa shape index (κ3) is 3.97. The van der Waals surface area contributed by atoms with Crippen LogP contribution in [0.25, 0.3) is 0 Å². The van der Waals surface area contributed by atoms with E-state index in [1.807, 2.05) is 37.3 Å². The first-order chi connectivity index (χ1) is 12.6. The van der Waals surface area contributed by atoms with Gasteiger partial charge in [-0.2, -0.15) is 0 Å². The largest absolute Gasteiger partial charge is 0.444 e. The van der Waals surface area contributed by atoms with Crippen LogP contribution in [0.4, 0.5) is 10.5 Å². The summed E-state index contributed by atoms with van der Waals surface area (Å²) in [5.74, 6) is 0.513. The lowest BCUT2D eigenvalue weighted by Gasteiger charge is -2.44. The zero-order valence-electron chi connectivity index (χ0n) is 14.9. The van der Waals surface area contributed by atoms with Crippen LogP contribution in [0.2, 0.25) is 0 Å². The normalized spacial score (nSPS) is 24.5. The van der Waals surface area contributed by atoms with Crippen molar-refractivity contribution in [3.8, 4) is 0 Å². The number of anilines is 1. The number of rotatable bonds is 4. The highest BCUT2D eigenvalue weighted by molar-refractivity contribution is 9.11. The number of carbonyl (C=O) groups excluding carboxylic acids is 1. The molecule has 0 spiro atoms. The van der Waals surface area contributed by atoms with E-state index in [-0.39, 0.29) is 12.2 Å². The third-order valence-electron chi connectivity index (χ3n) is 5.32. The van der Waals surface area contributed by atoms with Gasteiger partial charge in [-0.05, 0) is 84.5 Å². The lowest BCUT2D eigenvalue weighted by atomic mass is 9.86. The van der Waals surface area contributed by atoms with E-state index in [0.29, 0.717) is 12.5 Å². The van der Waals surface area contributed by atoms with Crippen LogP contribution in [0, 0.1) is 12.8 Å². The molecular formula is C20H23BrN2O2S. The number of amides is 1. The van der Waals surface area contributed by atoms with Crippen LogP contribution < -0.4 is 4.90 Å². The average molecular weight is 435 g/mol. The van der Waals surface area contributed by atoms with Crippen molar-refractivity contribution in [3.63, 3.8) is 0 Å². The smallest absolute Gasteiger partial charge is 0.414 e. The number of hydrogen-bond acceptors (Lipinski definition) is 4. The summed E-state index contributed by atoms with van der Waals surface area (Å²) < 4.78 is 7.07. The lowest BCUT2D eigenvalue weighted by molar-refractivity contribution is -0.0311. The lowest BCUT2D eigenvalue weighted by Crippen LogP contribution is -2.53. The minimum Gasteiger partial charge on any atom is -0.444 e. The number of piperidine rings is 3. The van der Waals surface area contributed by atoms with Crippen LogP contribution in [0.1, 0.15) is 23.3 Å². The van der Waals surface area contributed by atoms with Gasteiger partial charge in [0.15, 0.2) is 0 Å². The molecule has 2 aromatic rings. The van der Waals surface area contributed by atoms with Crippen LogP contribution in [-0.4, -0.2) is 36.7 Å². The molecule has 1 aromatic heterocycles. The van der Waals surface area contributed by atoms with Gasteiger partial charge in [0.1, 0.15) is 6.10 Å². The summed E-state index contributed by atoms with van der Waals surface area (Å²) in [6.07, 6.45) is 2.06.